The number of carbonyl (C=O) groups excluding carboxylic acids is 1. The van der Waals surface area contributed by atoms with E-state index in [2.05, 4.69) is 30.9 Å². The average molecular weight is 255 g/mol. The molecule has 17 heavy (non-hydrogen) atoms. The van der Waals surface area contributed by atoms with Gasteiger partial charge in [-0.05, 0) is 43.9 Å². The summed E-state index contributed by atoms with van der Waals surface area (Å²) in [6.07, 6.45) is 5.96. The lowest BCUT2D eigenvalue weighted by molar-refractivity contribution is -0.127. The van der Waals surface area contributed by atoms with Crippen LogP contribution in [0, 0.1) is 11.8 Å². The molecular formula is C14H25NOS. The molecule has 0 radical (unpaired) electrons. The van der Waals surface area contributed by atoms with Gasteiger partial charge in [0.2, 0.25) is 0 Å². The zero-order valence-corrected chi connectivity index (χ0v) is 11.9. The molecule has 2 fully saturated rings. The van der Waals surface area contributed by atoms with Crippen molar-refractivity contribution in [3.8, 4) is 0 Å². The van der Waals surface area contributed by atoms with Gasteiger partial charge in [0.05, 0.1) is 6.04 Å². The molecule has 0 aromatic heterocycles. The van der Waals surface area contributed by atoms with E-state index in [1.54, 1.807) is 0 Å². The number of carbonyl (C=O) groups is 1. The molecule has 2 nitrogen and oxygen atoms in total. The molecule has 1 saturated heterocycles. The maximum absolute atomic E-state index is 12.6. The predicted octanol–water partition coefficient (Wildman–Crippen LogP) is 2.87. The maximum Gasteiger partial charge on any atom is 0.154 e. The first kappa shape index (κ1) is 13.4. The Morgan fingerprint density at radius 2 is 2.18 bits per heavy atom. The van der Waals surface area contributed by atoms with Crippen LogP contribution in [0.4, 0.5) is 0 Å². The lowest BCUT2D eigenvalue weighted by Crippen LogP contribution is -2.45. The molecule has 1 aliphatic heterocycles. The van der Waals surface area contributed by atoms with Crippen molar-refractivity contribution in [3.05, 3.63) is 0 Å². The Morgan fingerprint density at radius 1 is 1.35 bits per heavy atom. The van der Waals surface area contributed by atoms with Crippen LogP contribution in [0.3, 0.4) is 0 Å². The molecule has 1 heterocycles. The van der Waals surface area contributed by atoms with Crippen LogP contribution in [0.1, 0.15) is 46.0 Å². The first-order valence-electron chi connectivity index (χ1n) is 7.12. The second-order valence-corrected chi connectivity index (χ2v) is 6.89. The number of hydrogen-bond donors (Lipinski definition) is 1. The third-order valence-electron chi connectivity index (χ3n) is 4.21. The normalized spacial score (nSPS) is 38.6. The summed E-state index contributed by atoms with van der Waals surface area (Å²) < 4.78 is 0. The van der Waals surface area contributed by atoms with Crippen molar-refractivity contribution in [1.82, 2.24) is 5.32 Å². The van der Waals surface area contributed by atoms with Gasteiger partial charge in [-0.15, -0.1) is 0 Å². The molecule has 1 aliphatic carbocycles. The van der Waals surface area contributed by atoms with Crippen molar-refractivity contribution in [3.63, 3.8) is 0 Å². The van der Waals surface area contributed by atoms with Gasteiger partial charge in [-0.1, -0.05) is 20.3 Å². The van der Waals surface area contributed by atoms with Gasteiger partial charge >= 0.3 is 0 Å². The fourth-order valence-electron chi connectivity index (χ4n) is 3.25. The highest BCUT2D eigenvalue weighted by atomic mass is 32.2. The molecule has 0 aromatic rings. The SMILES string of the molecule is CCCN[C@H]1CCS[C@H]2CCC[C@@H](C)C2C1=O. The van der Waals surface area contributed by atoms with Gasteiger partial charge in [-0.2, -0.15) is 11.8 Å². The summed E-state index contributed by atoms with van der Waals surface area (Å²) in [5.41, 5.74) is 0. The molecule has 3 heteroatoms. The Hall–Kier alpha value is -0.0200. The summed E-state index contributed by atoms with van der Waals surface area (Å²) in [6.45, 7) is 5.42. The standard InChI is InChI=1S/C14H25NOS/c1-3-8-15-11-7-9-17-12-6-4-5-10(2)13(12)14(11)16/h10-13,15H,3-9H2,1-2H3/t10-,11+,12+,13?/m1/s1. The minimum absolute atomic E-state index is 0.137. The predicted molar refractivity (Wildman–Crippen MR) is 74.5 cm³/mol. The Bertz CT molecular complexity index is 269. The molecule has 0 aromatic carbocycles. The second-order valence-electron chi connectivity index (χ2n) is 5.54. The number of thioether (sulfide) groups is 1. The van der Waals surface area contributed by atoms with Crippen molar-refractivity contribution in [2.75, 3.05) is 12.3 Å². The van der Waals surface area contributed by atoms with Crippen LogP contribution in [0.5, 0.6) is 0 Å². The maximum atomic E-state index is 12.6. The third-order valence-corrected chi connectivity index (χ3v) is 5.64. The highest BCUT2D eigenvalue weighted by Crippen LogP contribution is 2.40. The highest BCUT2D eigenvalue weighted by molar-refractivity contribution is 7.99. The van der Waals surface area contributed by atoms with Gasteiger partial charge < -0.3 is 5.32 Å². The largest absolute Gasteiger partial charge is 0.307 e. The molecule has 2 aliphatic rings. The number of fused-ring (bicyclic) bond motifs is 1. The van der Waals surface area contributed by atoms with Crippen LogP contribution in [0.15, 0.2) is 0 Å². The number of hydrogen-bond acceptors (Lipinski definition) is 3. The molecule has 1 N–H and O–H groups in total. The molecular weight excluding hydrogens is 230 g/mol. The number of ketones is 1. The zero-order valence-electron chi connectivity index (χ0n) is 11.1. The van der Waals surface area contributed by atoms with E-state index in [0.717, 1.165) is 25.1 Å². The van der Waals surface area contributed by atoms with Gasteiger partial charge in [-0.25, -0.2) is 0 Å². The van der Waals surface area contributed by atoms with Gasteiger partial charge in [0, 0.05) is 11.2 Å². The smallest absolute Gasteiger partial charge is 0.154 e. The van der Waals surface area contributed by atoms with E-state index < -0.39 is 0 Å². The highest BCUT2D eigenvalue weighted by Gasteiger charge is 2.40. The Labute approximate surface area is 109 Å². The Morgan fingerprint density at radius 3 is 2.94 bits per heavy atom. The van der Waals surface area contributed by atoms with Gasteiger partial charge in [0.25, 0.3) is 0 Å². The van der Waals surface area contributed by atoms with Crippen molar-refractivity contribution in [2.24, 2.45) is 11.8 Å². The van der Waals surface area contributed by atoms with E-state index >= 15 is 0 Å². The molecule has 4 atom stereocenters. The molecule has 98 valence electrons. The molecule has 1 unspecified atom stereocenters. The number of rotatable bonds is 3. The van der Waals surface area contributed by atoms with Crippen LogP contribution in [-0.2, 0) is 4.79 Å². The Balaban J connectivity index is 2.06. The zero-order chi connectivity index (χ0) is 12.3. The van der Waals surface area contributed by atoms with Gasteiger partial charge in [0.1, 0.15) is 0 Å². The fraction of sp³-hybridized carbons (Fsp3) is 0.929. The summed E-state index contributed by atoms with van der Waals surface area (Å²) in [4.78, 5) is 12.6. The van der Waals surface area contributed by atoms with Crippen LogP contribution >= 0.6 is 11.8 Å². The molecule has 0 spiro atoms. The minimum Gasteiger partial charge on any atom is -0.307 e. The van der Waals surface area contributed by atoms with Crippen LogP contribution in [-0.4, -0.2) is 29.4 Å². The third kappa shape index (κ3) is 3.05. The number of nitrogens with one attached hydrogen (secondary N) is 1. The lowest BCUT2D eigenvalue weighted by atomic mass is 9.75. The summed E-state index contributed by atoms with van der Waals surface area (Å²) in [5.74, 6) is 2.59. The van der Waals surface area contributed by atoms with E-state index in [1.165, 1.54) is 19.3 Å². The van der Waals surface area contributed by atoms with Crippen molar-refractivity contribution in [2.45, 2.75) is 57.2 Å². The quantitative estimate of drug-likeness (QED) is 0.841. The summed E-state index contributed by atoms with van der Waals surface area (Å²) in [5, 5.41) is 4.06. The van der Waals surface area contributed by atoms with E-state index in [-0.39, 0.29) is 6.04 Å². The second kappa shape index (κ2) is 6.24. The Kier molecular flexibility index (Phi) is 4.92. The molecule has 1 saturated carbocycles. The molecule has 0 bridgehead atoms. The molecule has 2 rings (SSSR count). The van der Waals surface area contributed by atoms with Gasteiger partial charge in [-0.3, -0.25) is 4.79 Å². The fourth-order valence-corrected chi connectivity index (χ4v) is 4.87. The molecule has 0 amide bonds. The van der Waals surface area contributed by atoms with Crippen molar-refractivity contribution in [1.29, 1.82) is 0 Å². The summed E-state index contributed by atoms with van der Waals surface area (Å²) in [7, 11) is 0. The summed E-state index contributed by atoms with van der Waals surface area (Å²) in [6, 6.07) is 0.137. The lowest BCUT2D eigenvalue weighted by Gasteiger charge is -2.34. The monoisotopic (exact) mass is 255 g/mol. The first-order valence-corrected chi connectivity index (χ1v) is 8.17. The van der Waals surface area contributed by atoms with Crippen LogP contribution in [0.25, 0.3) is 0 Å². The van der Waals surface area contributed by atoms with Crippen molar-refractivity contribution >= 4 is 17.5 Å². The number of Topliss-reactive ketones (excluding diaryl/α,β-unsaturated/α-hetero) is 1. The van der Waals surface area contributed by atoms with E-state index in [0.29, 0.717) is 22.9 Å². The van der Waals surface area contributed by atoms with Crippen LogP contribution in [0.2, 0.25) is 0 Å². The minimum atomic E-state index is 0.137. The van der Waals surface area contributed by atoms with E-state index in [1.807, 2.05) is 0 Å². The average Bonchev–Trinajstić information content (AvgIpc) is 2.47. The van der Waals surface area contributed by atoms with Gasteiger partial charge in [0.15, 0.2) is 5.78 Å². The summed E-state index contributed by atoms with van der Waals surface area (Å²) >= 11 is 2.05. The topological polar surface area (TPSA) is 29.1 Å². The van der Waals surface area contributed by atoms with E-state index in [9.17, 15) is 4.79 Å². The first-order chi connectivity index (χ1) is 8.24. The van der Waals surface area contributed by atoms with Crippen molar-refractivity contribution < 1.29 is 4.79 Å². The van der Waals surface area contributed by atoms with Crippen LogP contribution < -0.4 is 5.32 Å². The van der Waals surface area contributed by atoms with E-state index in [4.69, 9.17) is 0 Å².